The van der Waals surface area contributed by atoms with Gasteiger partial charge in [-0.2, -0.15) is 0 Å². The maximum Gasteiger partial charge on any atom is 0.197 e. The summed E-state index contributed by atoms with van der Waals surface area (Å²) in [6, 6.07) is 11.3. The van der Waals surface area contributed by atoms with Crippen molar-refractivity contribution in [3.05, 3.63) is 59.9 Å². The fourth-order valence-electron chi connectivity index (χ4n) is 1.83. The lowest BCUT2D eigenvalue weighted by Gasteiger charge is -2.09. The Balaban J connectivity index is 2.05. The van der Waals surface area contributed by atoms with E-state index in [1.807, 2.05) is 47.3 Å². The topological polar surface area (TPSA) is 48.3 Å². The lowest BCUT2D eigenvalue weighted by molar-refractivity contribution is 0.0924. The number of carbonyl (C=O) groups excluding carboxylic acids is 1. The quantitative estimate of drug-likeness (QED) is 0.606. The lowest BCUT2D eigenvalue weighted by Crippen LogP contribution is -2.08. The molecule has 0 spiro atoms. The van der Waals surface area contributed by atoms with Gasteiger partial charge in [0.05, 0.1) is 0 Å². The number of benzene rings is 1. The molecule has 20 heavy (non-hydrogen) atoms. The van der Waals surface area contributed by atoms with Crippen molar-refractivity contribution in [2.24, 2.45) is 0 Å². The first-order valence-corrected chi connectivity index (χ1v) is 8.88. The number of nitrogens with zero attached hydrogens (tertiary/aromatic N) is 1. The molecule has 0 saturated carbocycles. The second-order valence-corrected chi connectivity index (χ2v) is 7.77. The van der Waals surface area contributed by atoms with Gasteiger partial charge in [-0.1, -0.05) is 18.2 Å². The van der Waals surface area contributed by atoms with Crippen LogP contribution in [0, 0.1) is 0 Å². The number of aromatic nitrogens is 1. The van der Waals surface area contributed by atoms with E-state index in [1.54, 1.807) is 6.07 Å². The number of ketones is 1. The van der Waals surface area contributed by atoms with Gasteiger partial charge < -0.3 is 9.09 Å². The summed E-state index contributed by atoms with van der Waals surface area (Å²) in [5.41, 5.74) is 1.63. The summed E-state index contributed by atoms with van der Waals surface area (Å²) < 4.78 is 18.6. The Morgan fingerprint density at radius 3 is 2.55 bits per heavy atom. The number of hydrogen-bond donors (Lipinski definition) is 0. The van der Waals surface area contributed by atoms with Crippen molar-refractivity contribution in [3.8, 4) is 0 Å². The van der Waals surface area contributed by atoms with Gasteiger partial charge >= 0.3 is 0 Å². The first-order chi connectivity index (χ1) is 9.44. The highest BCUT2D eigenvalue weighted by molar-refractivity contribution is 7.57. The minimum Gasteiger partial charge on any atom is -0.350 e. The molecule has 0 aliphatic rings. The Morgan fingerprint density at radius 1 is 1.20 bits per heavy atom. The van der Waals surface area contributed by atoms with E-state index >= 15 is 0 Å². The number of rotatable bonds is 6. The predicted octanol–water partition coefficient (Wildman–Crippen LogP) is 3.27. The van der Waals surface area contributed by atoms with Crippen LogP contribution in [0.3, 0.4) is 0 Å². The average Bonchev–Trinajstić information content (AvgIpc) is 2.88. The van der Waals surface area contributed by atoms with Crippen LogP contribution in [0.2, 0.25) is 0 Å². The summed E-state index contributed by atoms with van der Waals surface area (Å²) in [5.74, 6) is -0.150. The highest BCUT2D eigenvalue weighted by Crippen LogP contribution is 2.37. The molecule has 2 rings (SSSR count). The Morgan fingerprint density at radius 2 is 1.90 bits per heavy atom. The van der Waals surface area contributed by atoms with E-state index in [0.717, 1.165) is 12.1 Å². The van der Waals surface area contributed by atoms with Gasteiger partial charge in [0.15, 0.2) is 13.2 Å². The van der Waals surface area contributed by atoms with E-state index in [2.05, 4.69) is 0 Å². The number of Topliss-reactive ketones (excluding diaryl/α,β-unsaturated/α-hetero) is 1. The normalized spacial score (nSPS) is 11.5. The minimum absolute atomic E-state index is 0.142. The first kappa shape index (κ1) is 14.8. The lowest BCUT2D eigenvalue weighted by atomic mass is 10.1. The summed E-state index contributed by atoms with van der Waals surface area (Å²) in [7, 11) is -2.62. The summed E-state index contributed by atoms with van der Waals surface area (Å²) in [5, 5.41) is 0. The molecule has 1 aromatic carbocycles. The largest absolute Gasteiger partial charge is 0.350 e. The molecule has 1 aromatic heterocycles. The van der Waals surface area contributed by atoms with Crippen LogP contribution in [0.25, 0.3) is 0 Å². The zero-order valence-electron chi connectivity index (χ0n) is 11.7. The van der Waals surface area contributed by atoms with Gasteiger partial charge in [-0.25, -0.2) is 0 Å². The molecule has 106 valence electrons. The van der Waals surface area contributed by atoms with Crippen molar-refractivity contribution in [3.63, 3.8) is 0 Å². The van der Waals surface area contributed by atoms with Gasteiger partial charge in [0, 0.05) is 37.8 Å². The standard InChI is InChI=1S/C15H18NO3P/c1-20(2,18)19-12-15(17)14-7-5-6-13(10-14)11-16-8-3-4-9-16/h3-10H,11-12H2,1-2H3. The van der Waals surface area contributed by atoms with Crippen LogP contribution in [-0.4, -0.2) is 30.3 Å². The molecule has 0 aliphatic heterocycles. The zero-order chi connectivity index (χ0) is 14.6. The van der Waals surface area contributed by atoms with E-state index in [1.165, 1.54) is 13.3 Å². The SMILES string of the molecule is CP(C)(=O)OCC(=O)c1cccc(Cn2cccc2)c1. The monoisotopic (exact) mass is 291 g/mol. The molecular formula is C15H18NO3P. The maximum atomic E-state index is 12.0. The molecule has 0 bridgehead atoms. The molecular weight excluding hydrogens is 273 g/mol. The van der Waals surface area contributed by atoms with Crippen molar-refractivity contribution >= 4 is 13.2 Å². The van der Waals surface area contributed by atoms with Crippen LogP contribution in [0.15, 0.2) is 48.8 Å². The third-order valence-electron chi connectivity index (χ3n) is 2.79. The van der Waals surface area contributed by atoms with Crippen molar-refractivity contribution in [2.45, 2.75) is 6.54 Å². The fraction of sp³-hybridized carbons (Fsp3) is 0.267. The Bertz CT molecular complexity index is 628. The fourth-order valence-corrected chi connectivity index (χ4v) is 2.26. The van der Waals surface area contributed by atoms with Crippen LogP contribution >= 0.6 is 7.37 Å². The van der Waals surface area contributed by atoms with Gasteiger partial charge in [0.25, 0.3) is 0 Å². The van der Waals surface area contributed by atoms with Gasteiger partial charge in [0.1, 0.15) is 6.61 Å². The molecule has 0 radical (unpaired) electrons. The molecule has 1 heterocycles. The predicted molar refractivity (Wildman–Crippen MR) is 79.7 cm³/mol. The van der Waals surface area contributed by atoms with E-state index in [0.29, 0.717) is 5.56 Å². The second kappa shape index (κ2) is 6.21. The van der Waals surface area contributed by atoms with Crippen molar-refractivity contribution in [1.82, 2.24) is 4.57 Å². The van der Waals surface area contributed by atoms with Crippen LogP contribution in [-0.2, 0) is 15.6 Å². The molecule has 0 fully saturated rings. The van der Waals surface area contributed by atoms with Crippen LogP contribution in [0.4, 0.5) is 0 Å². The van der Waals surface area contributed by atoms with E-state index in [4.69, 9.17) is 4.52 Å². The van der Waals surface area contributed by atoms with Crippen molar-refractivity contribution in [2.75, 3.05) is 19.9 Å². The summed E-state index contributed by atoms with van der Waals surface area (Å²) in [6.45, 7) is 3.58. The molecule has 0 aliphatic carbocycles. The third kappa shape index (κ3) is 4.48. The van der Waals surface area contributed by atoms with Gasteiger partial charge in [0.2, 0.25) is 0 Å². The second-order valence-electron chi connectivity index (χ2n) is 5.00. The van der Waals surface area contributed by atoms with Crippen LogP contribution < -0.4 is 0 Å². The Hall–Kier alpha value is -1.64. The highest BCUT2D eigenvalue weighted by atomic mass is 31.2. The van der Waals surface area contributed by atoms with E-state index in [9.17, 15) is 9.36 Å². The molecule has 0 atom stereocenters. The molecule has 4 nitrogen and oxygen atoms in total. The number of hydrogen-bond acceptors (Lipinski definition) is 3. The average molecular weight is 291 g/mol. The molecule has 0 saturated heterocycles. The maximum absolute atomic E-state index is 12.0. The number of carbonyl (C=O) groups is 1. The minimum atomic E-state index is -2.62. The van der Waals surface area contributed by atoms with E-state index in [-0.39, 0.29) is 12.4 Å². The van der Waals surface area contributed by atoms with Gasteiger partial charge in [-0.05, 0) is 23.8 Å². The molecule has 5 heteroatoms. The summed E-state index contributed by atoms with van der Waals surface area (Å²) in [6.07, 6.45) is 3.95. The van der Waals surface area contributed by atoms with Gasteiger partial charge in [-0.15, -0.1) is 0 Å². The first-order valence-electron chi connectivity index (χ1n) is 6.36. The van der Waals surface area contributed by atoms with Crippen LogP contribution in [0.5, 0.6) is 0 Å². The summed E-state index contributed by atoms with van der Waals surface area (Å²) >= 11 is 0. The molecule has 2 aromatic rings. The van der Waals surface area contributed by atoms with Crippen molar-refractivity contribution in [1.29, 1.82) is 0 Å². The smallest absolute Gasteiger partial charge is 0.197 e. The van der Waals surface area contributed by atoms with Crippen molar-refractivity contribution < 1.29 is 13.9 Å². The Labute approximate surface area is 118 Å². The van der Waals surface area contributed by atoms with E-state index < -0.39 is 7.37 Å². The zero-order valence-corrected chi connectivity index (χ0v) is 12.5. The molecule has 0 N–H and O–H groups in total. The Kier molecular flexibility index (Phi) is 4.58. The van der Waals surface area contributed by atoms with Crippen LogP contribution in [0.1, 0.15) is 15.9 Å². The van der Waals surface area contributed by atoms with Gasteiger partial charge in [-0.3, -0.25) is 9.36 Å². The third-order valence-corrected chi connectivity index (χ3v) is 3.54. The molecule has 0 unspecified atom stereocenters. The summed E-state index contributed by atoms with van der Waals surface area (Å²) in [4.78, 5) is 12.0. The molecule has 0 amide bonds. The highest BCUT2D eigenvalue weighted by Gasteiger charge is 2.12.